The third-order valence-corrected chi connectivity index (χ3v) is 2.58. The average molecular weight is 179 g/mol. The third-order valence-electron chi connectivity index (χ3n) is 2.58. The number of carbonyl (C=O) groups is 1. The van der Waals surface area contributed by atoms with Crippen LogP contribution in [0.4, 0.5) is 0 Å². The monoisotopic (exact) mass is 179 g/mol. The number of rotatable bonds is 1. The lowest BCUT2D eigenvalue weighted by molar-refractivity contribution is 0.0994. The first-order valence-electron chi connectivity index (χ1n) is 4.52. The van der Waals surface area contributed by atoms with E-state index in [1.165, 1.54) is 0 Å². The molecule has 2 N–H and O–H groups in total. The Labute approximate surface area is 76.8 Å². The van der Waals surface area contributed by atoms with Gasteiger partial charge in [0, 0.05) is 6.54 Å². The van der Waals surface area contributed by atoms with E-state index in [-0.39, 0.29) is 0 Å². The Balaban J connectivity index is 2.41. The highest BCUT2D eigenvalue weighted by Crippen LogP contribution is 2.21. The van der Waals surface area contributed by atoms with Crippen molar-refractivity contribution in [3.63, 3.8) is 0 Å². The molecule has 2 rings (SSSR count). The molecule has 1 aliphatic heterocycles. The molecule has 0 aromatic carbocycles. The molecule has 1 aromatic rings. The number of imidazole rings is 1. The number of aromatic nitrogens is 2. The van der Waals surface area contributed by atoms with E-state index in [2.05, 4.69) is 11.9 Å². The molecular formula is C9H13N3O. The first kappa shape index (κ1) is 8.29. The Hall–Kier alpha value is -1.32. The summed E-state index contributed by atoms with van der Waals surface area (Å²) >= 11 is 0. The smallest absolute Gasteiger partial charge is 0.269 e. The van der Waals surface area contributed by atoms with Crippen LogP contribution in [-0.2, 0) is 13.0 Å². The van der Waals surface area contributed by atoms with Crippen molar-refractivity contribution in [3.8, 4) is 0 Å². The van der Waals surface area contributed by atoms with Crippen molar-refractivity contribution in [2.45, 2.75) is 26.3 Å². The van der Waals surface area contributed by atoms with Crippen molar-refractivity contribution in [1.29, 1.82) is 0 Å². The molecule has 4 heteroatoms. The number of fused-ring (bicyclic) bond motifs is 1. The second kappa shape index (κ2) is 2.87. The first-order valence-corrected chi connectivity index (χ1v) is 4.52. The molecule has 0 saturated carbocycles. The zero-order valence-corrected chi connectivity index (χ0v) is 7.66. The van der Waals surface area contributed by atoms with Gasteiger partial charge in [0.05, 0.1) is 12.0 Å². The van der Waals surface area contributed by atoms with Crippen molar-refractivity contribution in [3.05, 3.63) is 17.7 Å². The predicted octanol–water partition coefficient (Wildman–Crippen LogP) is 0.564. The van der Waals surface area contributed by atoms with Crippen LogP contribution in [0.25, 0.3) is 0 Å². The molecule has 0 aliphatic carbocycles. The number of nitrogens with zero attached hydrogens (tertiary/aromatic N) is 2. The van der Waals surface area contributed by atoms with Crippen LogP contribution in [0.15, 0.2) is 6.33 Å². The zero-order chi connectivity index (χ0) is 9.42. The van der Waals surface area contributed by atoms with Gasteiger partial charge in [-0.3, -0.25) is 4.79 Å². The van der Waals surface area contributed by atoms with Crippen molar-refractivity contribution in [2.75, 3.05) is 0 Å². The summed E-state index contributed by atoms with van der Waals surface area (Å²) < 4.78 is 2.03. The Kier molecular flexibility index (Phi) is 1.83. The topological polar surface area (TPSA) is 60.9 Å². The largest absolute Gasteiger partial charge is 0.364 e. The van der Waals surface area contributed by atoms with Crippen LogP contribution in [0, 0.1) is 5.92 Å². The summed E-state index contributed by atoms with van der Waals surface area (Å²) in [6.07, 6.45) is 3.78. The van der Waals surface area contributed by atoms with Crippen LogP contribution >= 0.6 is 0 Å². The van der Waals surface area contributed by atoms with Gasteiger partial charge in [-0.25, -0.2) is 4.98 Å². The third kappa shape index (κ3) is 1.32. The van der Waals surface area contributed by atoms with E-state index in [4.69, 9.17) is 5.73 Å². The number of aryl methyl sites for hydroxylation is 1. The SMILES string of the molecule is CC1CCn2cnc(C(N)=O)c2C1. The van der Waals surface area contributed by atoms with Crippen LogP contribution < -0.4 is 5.73 Å². The van der Waals surface area contributed by atoms with Crippen LogP contribution in [0.2, 0.25) is 0 Å². The van der Waals surface area contributed by atoms with E-state index in [1.54, 1.807) is 6.33 Å². The molecule has 2 heterocycles. The molecule has 0 radical (unpaired) electrons. The number of nitrogens with two attached hydrogens (primary N) is 1. The quantitative estimate of drug-likeness (QED) is 0.684. The van der Waals surface area contributed by atoms with Crippen molar-refractivity contribution >= 4 is 5.91 Å². The van der Waals surface area contributed by atoms with Gasteiger partial charge in [-0.1, -0.05) is 6.92 Å². The highest BCUT2D eigenvalue weighted by Gasteiger charge is 2.21. The summed E-state index contributed by atoms with van der Waals surface area (Å²) in [4.78, 5) is 15.0. The van der Waals surface area contributed by atoms with E-state index in [0.29, 0.717) is 11.6 Å². The highest BCUT2D eigenvalue weighted by atomic mass is 16.1. The molecule has 1 atom stereocenters. The molecule has 0 saturated heterocycles. The average Bonchev–Trinajstić information content (AvgIpc) is 2.46. The Morgan fingerprint density at radius 1 is 1.77 bits per heavy atom. The van der Waals surface area contributed by atoms with E-state index in [1.807, 2.05) is 4.57 Å². The molecule has 4 nitrogen and oxygen atoms in total. The maximum Gasteiger partial charge on any atom is 0.269 e. The first-order chi connectivity index (χ1) is 6.18. The fraction of sp³-hybridized carbons (Fsp3) is 0.556. The molecule has 0 spiro atoms. The van der Waals surface area contributed by atoms with Gasteiger partial charge in [0.25, 0.3) is 5.91 Å². The van der Waals surface area contributed by atoms with Gasteiger partial charge in [0.1, 0.15) is 5.69 Å². The summed E-state index contributed by atoms with van der Waals surface area (Å²) in [5.41, 5.74) is 6.67. The van der Waals surface area contributed by atoms with E-state index >= 15 is 0 Å². The number of carbonyl (C=O) groups excluding carboxylic acids is 1. The normalized spacial score (nSPS) is 21.2. The van der Waals surface area contributed by atoms with Gasteiger partial charge in [-0.05, 0) is 18.8 Å². The van der Waals surface area contributed by atoms with Crippen molar-refractivity contribution in [2.24, 2.45) is 11.7 Å². The Bertz CT molecular complexity index is 343. The molecule has 70 valence electrons. The van der Waals surface area contributed by atoms with Gasteiger partial charge < -0.3 is 10.3 Å². The maximum absolute atomic E-state index is 11.0. The van der Waals surface area contributed by atoms with Gasteiger partial charge in [-0.15, -0.1) is 0 Å². The second-order valence-electron chi connectivity index (χ2n) is 3.70. The lowest BCUT2D eigenvalue weighted by atomic mass is 9.97. The van der Waals surface area contributed by atoms with Crippen LogP contribution in [0.3, 0.4) is 0 Å². The number of primary amides is 1. The highest BCUT2D eigenvalue weighted by molar-refractivity contribution is 5.92. The van der Waals surface area contributed by atoms with Gasteiger partial charge in [-0.2, -0.15) is 0 Å². The lowest BCUT2D eigenvalue weighted by Gasteiger charge is -2.20. The predicted molar refractivity (Wildman–Crippen MR) is 48.2 cm³/mol. The standard InChI is InChI=1S/C9H13N3O/c1-6-2-3-12-5-11-8(9(10)13)7(12)4-6/h5-6H,2-4H2,1H3,(H2,10,13). The second-order valence-corrected chi connectivity index (χ2v) is 3.70. The van der Waals surface area contributed by atoms with Crippen LogP contribution in [0.5, 0.6) is 0 Å². The fourth-order valence-corrected chi connectivity index (χ4v) is 1.81. The van der Waals surface area contributed by atoms with Crippen molar-refractivity contribution < 1.29 is 4.79 Å². The summed E-state index contributed by atoms with van der Waals surface area (Å²) in [5, 5.41) is 0. The van der Waals surface area contributed by atoms with Gasteiger partial charge in [0.15, 0.2) is 0 Å². The lowest BCUT2D eigenvalue weighted by Crippen LogP contribution is -2.21. The minimum atomic E-state index is -0.414. The van der Waals surface area contributed by atoms with Crippen LogP contribution in [-0.4, -0.2) is 15.5 Å². The van der Waals surface area contributed by atoms with E-state index in [9.17, 15) is 4.79 Å². The van der Waals surface area contributed by atoms with Gasteiger partial charge >= 0.3 is 0 Å². The zero-order valence-electron chi connectivity index (χ0n) is 7.66. The van der Waals surface area contributed by atoms with Gasteiger partial charge in [0.2, 0.25) is 0 Å². The molecule has 1 aliphatic rings. The Morgan fingerprint density at radius 3 is 3.23 bits per heavy atom. The summed E-state index contributed by atoms with van der Waals surface area (Å²) in [6.45, 7) is 3.14. The number of hydrogen-bond acceptors (Lipinski definition) is 2. The molecule has 13 heavy (non-hydrogen) atoms. The fourth-order valence-electron chi connectivity index (χ4n) is 1.81. The number of hydrogen-bond donors (Lipinski definition) is 1. The summed E-state index contributed by atoms with van der Waals surface area (Å²) in [6, 6.07) is 0. The molecule has 1 amide bonds. The summed E-state index contributed by atoms with van der Waals surface area (Å²) in [5.74, 6) is 0.213. The summed E-state index contributed by atoms with van der Waals surface area (Å²) in [7, 11) is 0. The maximum atomic E-state index is 11.0. The molecule has 1 aromatic heterocycles. The minimum absolute atomic E-state index is 0.414. The molecular weight excluding hydrogens is 166 g/mol. The molecule has 1 unspecified atom stereocenters. The number of amides is 1. The van der Waals surface area contributed by atoms with E-state index < -0.39 is 5.91 Å². The van der Waals surface area contributed by atoms with E-state index in [0.717, 1.165) is 25.1 Å². The Morgan fingerprint density at radius 2 is 2.54 bits per heavy atom. The molecule has 0 fully saturated rings. The minimum Gasteiger partial charge on any atom is -0.364 e. The molecule has 0 bridgehead atoms. The van der Waals surface area contributed by atoms with Crippen molar-refractivity contribution in [1.82, 2.24) is 9.55 Å². The van der Waals surface area contributed by atoms with Crippen LogP contribution in [0.1, 0.15) is 29.5 Å².